The minimum atomic E-state index is -3.08. The maximum absolute atomic E-state index is 9.58. The van der Waals surface area contributed by atoms with E-state index in [2.05, 4.69) is 0 Å². The Morgan fingerprint density at radius 2 is 1.00 bits per heavy atom. The van der Waals surface area contributed by atoms with Crippen LogP contribution in [0.1, 0.15) is 0 Å². The molecule has 0 unspecified atom stereocenters. The molecule has 0 bridgehead atoms. The van der Waals surface area contributed by atoms with Gasteiger partial charge in [-0.2, -0.15) is 0 Å². The Kier molecular flexibility index (Phi) is 9.80. The van der Waals surface area contributed by atoms with Gasteiger partial charge < -0.3 is 13.2 Å². The normalized spacial score (nSPS) is 7.20. The summed E-state index contributed by atoms with van der Waals surface area (Å²) in [5.41, 5.74) is 0. The van der Waals surface area contributed by atoms with Gasteiger partial charge in [-0.3, -0.25) is 0 Å². The number of hydrogen-bond donors (Lipinski definition) is 0. The van der Waals surface area contributed by atoms with Crippen molar-refractivity contribution in [3.05, 3.63) is 6.68 Å². The summed E-state index contributed by atoms with van der Waals surface area (Å²) in [5.74, 6) is 0. The van der Waals surface area contributed by atoms with E-state index in [4.69, 9.17) is 0 Å². The first-order valence-corrected chi connectivity index (χ1v) is 0.567. The largest absolute Gasteiger partial charge is 4.00 e. The van der Waals surface area contributed by atoms with Crippen molar-refractivity contribution in [3.8, 4) is 0 Å². The average Bonchev–Trinajstić information content (AvgIpc) is 0.811. The molecule has 0 aromatic heterocycles. The van der Waals surface area contributed by atoms with Crippen molar-refractivity contribution >= 4 is 0 Å². The van der Waals surface area contributed by atoms with E-state index in [0.29, 0.717) is 0 Å². The van der Waals surface area contributed by atoms with Gasteiger partial charge in [-0.05, 0) is 0 Å². The third-order valence-electron chi connectivity index (χ3n) is 0. The molecule has 0 rings (SSSR count). The van der Waals surface area contributed by atoms with Crippen molar-refractivity contribution in [1.82, 2.24) is 0 Å². The van der Waals surface area contributed by atoms with Crippen LogP contribution in [0.5, 0.6) is 0 Å². The third kappa shape index (κ3) is 38.1. The molecule has 0 amide bonds. The summed E-state index contributed by atoms with van der Waals surface area (Å²) in [6, 6.07) is 0. The van der Waals surface area contributed by atoms with Crippen molar-refractivity contribution in [3.63, 3.8) is 0 Å². The summed E-state index contributed by atoms with van der Waals surface area (Å²) in [4.78, 5) is 0. The summed E-state index contributed by atoms with van der Waals surface area (Å²) in [7, 11) is 0. The second kappa shape index (κ2) is 5.17. The Hall–Kier alpha value is 1.17. The van der Waals surface area contributed by atoms with Gasteiger partial charge in [-0.15, -0.1) is 0 Å². The maximum atomic E-state index is 9.58. The molecule has 0 aliphatic heterocycles. The number of halogens is 3. The SMILES string of the molecule is F[C-](F)F.[Ce+4]. The molecule has 0 saturated heterocycles. The molecular weight excluding hydrogens is 209 g/mol. The van der Waals surface area contributed by atoms with E-state index in [0.717, 1.165) is 0 Å². The van der Waals surface area contributed by atoms with Gasteiger partial charge in [0, 0.05) is 0 Å². The van der Waals surface area contributed by atoms with Gasteiger partial charge in [0.1, 0.15) is 0 Å². The van der Waals surface area contributed by atoms with Crippen molar-refractivity contribution in [2.45, 2.75) is 0 Å². The molecule has 0 nitrogen and oxygen atoms in total. The van der Waals surface area contributed by atoms with Gasteiger partial charge in [-0.1, -0.05) is 0 Å². The molecule has 4 heteroatoms. The number of hydrogen-bond acceptors (Lipinski definition) is 0. The number of rotatable bonds is 0. The Balaban J connectivity index is 0. The summed E-state index contributed by atoms with van der Waals surface area (Å²) >= 11 is 0. The molecular formula is CCeF3+3. The van der Waals surface area contributed by atoms with E-state index in [1.54, 1.807) is 0 Å². The molecule has 0 heterocycles. The minimum Gasteiger partial charge on any atom is -0.385 e. The standard InChI is InChI=1S/CF3.Ce/c2-1(3)4;/q-1;+4. The van der Waals surface area contributed by atoms with Crippen LogP contribution in [0, 0.1) is 48.4 Å². The van der Waals surface area contributed by atoms with E-state index in [9.17, 15) is 13.2 Å². The van der Waals surface area contributed by atoms with Crippen LogP contribution in [-0.2, 0) is 0 Å². The fourth-order valence-electron chi connectivity index (χ4n) is 0. The van der Waals surface area contributed by atoms with E-state index in [-0.39, 0.29) is 41.7 Å². The van der Waals surface area contributed by atoms with Gasteiger partial charge in [0.15, 0.2) is 6.68 Å². The fourth-order valence-corrected chi connectivity index (χ4v) is 0. The smallest absolute Gasteiger partial charge is 0.385 e. The fraction of sp³-hybridized carbons (Fsp3) is 0. The first-order chi connectivity index (χ1) is 1.73. The van der Waals surface area contributed by atoms with Crippen LogP contribution in [0.3, 0.4) is 0 Å². The van der Waals surface area contributed by atoms with Crippen LogP contribution in [0.25, 0.3) is 0 Å². The minimum absolute atomic E-state index is 0. The van der Waals surface area contributed by atoms with Crippen LogP contribution in [0.4, 0.5) is 13.2 Å². The van der Waals surface area contributed by atoms with Gasteiger partial charge >= 0.3 is 41.7 Å². The molecule has 0 radical (unpaired) electrons. The van der Waals surface area contributed by atoms with E-state index in [1.165, 1.54) is 0 Å². The quantitative estimate of drug-likeness (QED) is 0.528. The molecule has 0 fully saturated rings. The van der Waals surface area contributed by atoms with Crippen molar-refractivity contribution < 1.29 is 54.9 Å². The molecule has 0 saturated carbocycles. The summed E-state index contributed by atoms with van der Waals surface area (Å²) in [6.45, 7) is -3.08. The molecule has 0 aromatic rings. The van der Waals surface area contributed by atoms with Crippen molar-refractivity contribution in [2.24, 2.45) is 0 Å². The zero-order chi connectivity index (χ0) is 3.58. The zero-order valence-electron chi connectivity index (χ0n) is 2.13. The maximum Gasteiger partial charge on any atom is 4.00 e. The average molecular weight is 209 g/mol. The Morgan fingerprint density at radius 1 is 1.00 bits per heavy atom. The second-order valence-corrected chi connectivity index (χ2v) is 0.214. The van der Waals surface area contributed by atoms with Gasteiger partial charge in [0.2, 0.25) is 0 Å². The first kappa shape index (κ1) is 9.48. The van der Waals surface area contributed by atoms with Crippen LogP contribution >= 0.6 is 0 Å². The molecule has 0 aliphatic rings. The van der Waals surface area contributed by atoms with E-state index in [1.807, 2.05) is 0 Å². The summed E-state index contributed by atoms with van der Waals surface area (Å²) in [5, 5.41) is 0. The molecule has 26 valence electrons. The zero-order valence-corrected chi connectivity index (χ0v) is 5.27. The van der Waals surface area contributed by atoms with Crippen LogP contribution in [0.2, 0.25) is 0 Å². The Bertz CT molecular complexity index is 11.6. The van der Waals surface area contributed by atoms with Crippen molar-refractivity contribution in [1.29, 1.82) is 0 Å². The predicted octanol–water partition coefficient (Wildman–Crippen LogP) is 1.34. The second-order valence-electron chi connectivity index (χ2n) is 0.214. The Morgan fingerprint density at radius 3 is 1.00 bits per heavy atom. The van der Waals surface area contributed by atoms with Crippen LogP contribution in [0.15, 0.2) is 0 Å². The van der Waals surface area contributed by atoms with Gasteiger partial charge in [0.05, 0.1) is 0 Å². The summed E-state index contributed by atoms with van der Waals surface area (Å²) < 4.78 is 28.8. The van der Waals surface area contributed by atoms with Crippen molar-refractivity contribution in [2.75, 3.05) is 0 Å². The third-order valence-corrected chi connectivity index (χ3v) is 0. The topological polar surface area (TPSA) is 0 Å². The summed E-state index contributed by atoms with van der Waals surface area (Å²) in [6.07, 6.45) is 0. The molecule has 0 atom stereocenters. The molecule has 0 aliphatic carbocycles. The van der Waals surface area contributed by atoms with Crippen LogP contribution in [-0.4, -0.2) is 0 Å². The van der Waals surface area contributed by atoms with Crippen LogP contribution < -0.4 is 0 Å². The predicted molar refractivity (Wildman–Crippen MR) is 6.57 cm³/mol. The Labute approximate surface area is 61.1 Å². The van der Waals surface area contributed by atoms with E-state index >= 15 is 0 Å². The monoisotopic (exact) mass is 209 g/mol. The first-order valence-electron chi connectivity index (χ1n) is 0.567. The van der Waals surface area contributed by atoms with Gasteiger partial charge in [-0.25, -0.2) is 0 Å². The molecule has 5 heavy (non-hydrogen) atoms. The molecule has 0 N–H and O–H groups in total. The molecule has 0 aromatic carbocycles. The van der Waals surface area contributed by atoms with E-state index < -0.39 is 6.68 Å². The van der Waals surface area contributed by atoms with Gasteiger partial charge in [0.25, 0.3) is 0 Å². The molecule has 0 spiro atoms.